The molecule has 4 nitrogen and oxygen atoms in total. The molecule has 0 spiro atoms. The van der Waals surface area contributed by atoms with Crippen LogP contribution in [0.15, 0.2) is 173 Å². The number of allylic oxidation sites excluding steroid dienone is 9. The molecule has 6 aromatic rings. The van der Waals surface area contributed by atoms with Crippen LogP contribution in [-0.2, 0) is 0 Å². The fourth-order valence-corrected chi connectivity index (χ4v) is 9.62. The van der Waals surface area contributed by atoms with Gasteiger partial charge < -0.3 is 19.0 Å². The highest BCUT2D eigenvalue weighted by Gasteiger charge is 2.34. The summed E-state index contributed by atoms with van der Waals surface area (Å²) in [5.74, 6) is 2.14. The molecule has 4 heterocycles. The summed E-state index contributed by atoms with van der Waals surface area (Å²) in [5, 5.41) is 4.61. The third kappa shape index (κ3) is 4.37. The minimum Gasteiger partial charge on any atom is -0.456 e. The third-order valence-corrected chi connectivity index (χ3v) is 12.1. The van der Waals surface area contributed by atoms with E-state index in [0.717, 1.165) is 64.8 Å². The first-order valence-electron chi connectivity index (χ1n) is 19.2. The van der Waals surface area contributed by atoms with Crippen LogP contribution in [-0.4, -0.2) is 6.04 Å². The number of anilines is 3. The normalized spacial score (nSPS) is 20.7. The first-order chi connectivity index (χ1) is 26.8. The van der Waals surface area contributed by atoms with Crippen molar-refractivity contribution in [1.82, 2.24) is 0 Å². The number of furan rings is 1. The number of hydrogen-bond acceptors (Lipinski definition) is 4. The van der Waals surface area contributed by atoms with E-state index in [9.17, 15) is 0 Å². The van der Waals surface area contributed by atoms with Crippen molar-refractivity contribution in [2.24, 2.45) is 5.92 Å². The number of benzene rings is 5. The molecular weight excluding hydrogens is 661 g/mol. The van der Waals surface area contributed by atoms with Gasteiger partial charge in [0.25, 0.3) is 0 Å². The zero-order valence-electron chi connectivity index (χ0n) is 29.7. The predicted octanol–water partition coefficient (Wildman–Crippen LogP) is 12.9. The molecule has 3 aliphatic heterocycles. The van der Waals surface area contributed by atoms with Gasteiger partial charge in [0.2, 0.25) is 0 Å². The zero-order valence-corrected chi connectivity index (χ0v) is 29.7. The second kappa shape index (κ2) is 11.5. The molecule has 0 radical (unpaired) electrons. The van der Waals surface area contributed by atoms with Gasteiger partial charge in [-0.1, -0.05) is 103 Å². The molecule has 1 aromatic heterocycles. The summed E-state index contributed by atoms with van der Waals surface area (Å²) >= 11 is 0. The lowest BCUT2D eigenvalue weighted by Gasteiger charge is -2.39. The van der Waals surface area contributed by atoms with E-state index in [1.807, 2.05) is 0 Å². The Labute approximate surface area is 313 Å². The Morgan fingerprint density at radius 3 is 2.46 bits per heavy atom. The maximum atomic E-state index is 6.89. The lowest BCUT2D eigenvalue weighted by Crippen LogP contribution is -2.39. The van der Waals surface area contributed by atoms with Gasteiger partial charge in [-0.3, -0.25) is 0 Å². The van der Waals surface area contributed by atoms with Gasteiger partial charge in [-0.05, 0) is 95.8 Å². The van der Waals surface area contributed by atoms with Crippen molar-refractivity contribution in [2.45, 2.75) is 31.7 Å². The SMILES string of the molecule is C1=CC2C=Cc3ccccc3N(C3=CC4=C(CC3)c3cc5oc6cc(N7C8=C(C=Cc9ccccc97)CCC=C8)ccc6c5c5cccc(c35)O4)C2C=C1. The number of para-hydroxylation sites is 2. The second-order valence-electron chi connectivity index (χ2n) is 15.0. The van der Waals surface area contributed by atoms with E-state index in [0.29, 0.717) is 5.92 Å². The first-order valence-corrected chi connectivity index (χ1v) is 19.2. The highest BCUT2D eigenvalue weighted by molar-refractivity contribution is 6.23. The van der Waals surface area contributed by atoms with E-state index in [1.165, 1.54) is 61.4 Å². The van der Waals surface area contributed by atoms with Crippen LogP contribution in [0.5, 0.6) is 5.75 Å². The molecule has 12 rings (SSSR count). The zero-order chi connectivity index (χ0) is 35.3. The van der Waals surface area contributed by atoms with Gasteiger partial charge in [0.05, 0.1) is 11.7 Å². The van der Waals surface area contributed by atoms with Gasteiger partial charge in [0, 0.05) is 62.6 Å². The Balaban J connectivity index is 1.00. The minimum absolute atomic E-state index is 0.207. The second-order valence-corrected chi connectivity index (χ2v) is 15.0. The van der Waals surface area contributed by atoms with Gasteiger partial charge in [-0.15, -0.1) is 0 Å². The maximum Gasteiger partial charge on any atom is 0.137 e. The van der Waals surface area contributed by atoms with Crippen LogP contribution in [0.25, 0.3) is 50.4 Å². The van der Waals surface area contributed by atoms with Crippen molar-refractivity contribution in [3.05, 3.63) is 185 Å². The van der Waals surface area contributed by atoms with Gasteiger partial charge in [0.1, 0.15) is 22.7 Å². The van der Waals surface area contributed by atoms with Crippen molar-refractivity contribution >= 4 is 67.5 Å². The van der Waals surface area contributed by atoms with Crippen molar-refractivity contribution in [3.8, 4) is 5.75 Å². The smallest absolute Gasteiger partial charge is 0.137 e. The monoisotopic (exact) mass is 696 g/mol. The lowest BCUT2D eigenvalue weighted by atomic mass is 9.86. The Morgan fingerprint density at radius 2 is 1.52 bits per heavy atom. The summed E-state index contributed by atoms with van der Waals surface area (Å²) in [6.07, 6.45) is 29.0. The number of fused-ring (bicyclic) bond motifs is 8. The molecule has 6 aliphatic rings. The number of hydrogen-bond donors (Lipinski definition) is 0. The molecule has 4 heteroatoms. The maximum absolute atomic E-state index is 6.89. The topological polar surface area (TPSA) is 28.9 Å². The fourth-order valence-electron chi connectivity index (χ4n) is 9.62. The van der Waals surface area contributed by atoms with E-state index in [2.05, 4.69) is 168 Å². The molecule has 5 aromatic carbocycles. The molecule has 258 valence electrons. The summed E-state index contributed by atoms with van der Waals surface area (Å²) in [6.45, 7) is 0. The minimum atomic E-state index is 0.207. The number of ether oxygens (including phenoxy) is 1. The molecule has 0 bridgehead atoms. The lowest BCUT2D eigenvalue weighted by molar-refractivity contribution is 0.441. The number of nitrogens with zero attached hydrogens (tertiary/aromatic N) is 2. The van der Waals surface area contributed by atoms with E-state index < -0.39 is 0 Å². The summed E-state index contributed by atoms with van der Waals surface area (Å²) in [4.78, 5) is 4.95. The van der Waals surface area contributed by atoms with E-state index in [4.69, 9.17) is 9.15 Å². The van der Waals surface area contributed by atoms with E-state index >= 15 is 0 Å². The molecule has 0 saturated heterocycles. The first kappa shape index (κ1) is 30.0. The standard InChI is InChI=1S/C50H36N2O2/c1-5-15-41-31(10-1)20-21-32-11-2-6-16-42(32)51(41)35-24-26-37-40-30-48-49(39-14-9-19-45(50(39)40)53-46(37)28-35)38-27-25-36(29-47(38)54-48)52-43-17-7-3-12-33(43)22-23-34-13-4-8-18-44(34)52/h1-3,5-12,14-23,25,27-31,41H,4,13,24,26H2. The molecule has 0 saturated carbocycles. The molecular formula is C50H36N2O2. The summed E-state index contributed by atoms with van der Waals surface area (Å²) in [6, 6.07) is 33.1. The van der Waals surface area contributed by atoms with Crippen molar-refractivity contribution in [3.63, 3.8) is 0 Å². The highest BCUT2D eigenvalue weighted by atomic mass is 16.5. The quantitative estimate of drug-likeness (QED) is 0.180. The van der Waals surface area contributed by atoms with Gasteiger partial charge >= 0.3 is 0 Å². The molecule has 0 N–H and O–H groups in total. The van der Waals surface area contributed by atoms with Gasteiger partial charge in [0.15, 0.2) is 0 Å². The fraction of sp³-hybridized carbons (Fsp3) is 0.120. The van der Waals surface area contributed by atoms with E-state index in [1.54, 1.807) is 0 Å². The van der Waals surface area contributed by atoms with E-state index in [-0.39, 0.29) is 6.04 Å². The molecule has 54 heavy (non-hydrogen) atoms. The van der Waals surface area contributed by atoms with Crippen LogP contribution in [0.2, 0.25) is 0 Å². The summed E-state index contributed by atoms with van der Waals surface area (Å²) in [7, 11) is 0. The molecule has 0 fully saturated rings. The van der Waals surface area contributed by atoms with Crippen LogP contribution in [0.1, 0.15) is 42.4 Å². The predicted molar refractivity (Wildman–Crippen MR) is 223 cm³/mol. The Kier molecular flexibility index (Phi) is 6.38. The van der Waals surface area contributed by atoms with Crippen LogP contribution >= 0.6 is 0 Å². The molecule has 0 amide bonds. The van der Waals surface area contributed by atoms with Gasteiger partial charge in [-0.25, -0.2) is 0 Å². The van der Waals surface area contributed by atoms with Crippen molar-refractivity contribution in [2.75, 3.05) is 9.80 Å². The Bertz CT molecular complexity index is 2890. The van der Waals surface area contributed by atoms with Crippen LogP contribution < -0.4 is 14.5 Å². The molecule has 2 atom stereocenters. The molecule has 2 unspecified atom stereocenters. The average molecular weight is 697 g/mol. The Morgan fingerprint density at radius 1 is 0.648 bits per heavy atom. The van der Waals surface area contributed by atoms with Crippen molar-refractivity contribution in [1.29, 1.82) is 0 Å². The highest BCUT2D eigenvalue weighted by Crippen LogP contribution is 2.50. The number of rotatable bonds is 2. The largest absolute Gasteiger partial charge is 0.456 e. The van der Waals surface area contributed by atoms with Crippen LogP contribution in [0, 0.1) is 5.92 Å². The Hall–Kier alpha value is -6.52. The van der Waals surface area contributed by atoms with Crippen molar-refractivity contribution < 1.29 is 9.15 Å². The summed E-state index contributed by atoms with van der Waals surface area (Å²) in [5.41, 5.74) is 14.1. The van der Waals surface area contributed by atoms with Crippen LogP contribution in [0.4, 0.5) is 17.1 Å². The average Bonchev–Trinajstić information content (AvgIpc) is 3.38. The summed E-state index contributed by atoms with van der Waals surface area (Å²) < 4.78 is 13.8. The van der Waals surface area contributed by atoms with Crippen LogP contribution in [0.3, 0.4) is 0 Å². The third-order valence-electron chi connectivity index (χ3n) is 12.1. The molecule has 3 aliphatic carbocycles. The van der Waals surface area contributed by atoms with Gasteiger partial charge in [-0.2, -0.15) is 0 Å².